The Morgan fingerprint density at radius 1 is 1.24 bits per heavy atom. The van der Waals surface area contributed by atoms with Gasteiger partial charge in [-0.15, -0.1) is 11.3 Å². The molecule has 0 unspecified atom stereocenters. The molecule has 0 aliphatic carbocycles. The zero-order valence-corrected chi connectivity index (χ0v) is 13.9. The third-order valence-corrected chi connectivity index (χ3v) is 4.87. The molecule has 0 saturated carbocycles. The van der Waals surface area contributed by atoms with E-state index in [2.05, 4.69) is 10.1 Å². The van der Waals surface area contributed by atoms with Crippen LogP contribution in [0.5, 0.6) is 0 Å². The highest BCUT2D eigenvalue weighted by molar-refractivity contribution is 7.09. The average Bonchev–Trinajstić information content (AvgIpc) is 3.26. The lowest BCUT2D eigenvalue weighted by molar-refractivity contribution is 0.0670. The van der Waals surface area contributed by atoms with Crippen LogP contribution in [0.3, 0.4) is 0 Å². The lowest BCUT2D eigenvalue weighted by Crippen LogP contribution is -2.39. The van der Waals surface area contributed by atoms with Crippen LogP contribution in [0.4, 0.5) is 0 Å². The summed E-state index contributed by atoms with van der Waals surface area (Å²) < 4.78 is 1.46. The number of carboxylic acid groups (broad SMARTS) is 1. The summed E-state index contributed by atoms with van der Waals surface area (Å²) in [5.41, 5.74) is 2.14. The molecule has 0 spiro atoms. The van der Waals surface area contributed by atoms with Crippen molar-refractivity contribution in [1.29, 1.82) is 0 Å². The van der Waals surface area contributed by atoms with Gasteiger partial charge in [0, 0.05) is 23.6 Å². The van der Waals surface area contributed by atoms with Gasteiger partial charge in [0.2, 0.25) is 0 Å². The van der Waals surface area contributed by atoms with Gasteiger partial charge in [-0.1, -0.05) is 30.3 Å². The molecule has 0 radical (unpaired) electrons. The summed E-state index contributed by atoms with van der Waals surface area (Å²) in [4.78, 5) is 29.9. The van der Waals surface area contributed by atoms with E-state index >= 15 is 0 Å². The third-order valence-electron chi connectivity index (χ3n) is 4.03. The van der Waals surface area contributed by atoms with Crippen LogP contribution in [0.15, 0.2) is 41.8 Å². The third kappa shape index (κ3) is 2.91. The van der Waals surface area contributed by atoms with Gasteiger partial charge in [0.25, 0.3) is 5.91 Å². The number of carbonyl (C=O) groups is 2. The number of carboxylic acids is 1. The number of aromatic carboxylic acids is 1. The number of hydrogen-bond donors (Lipinski definition) is 1. The highest BCUT2D eigenvalue weighted by Gasteiger charge is 2.28. The number of carbonyl (C=O) groups excluding carboxylic acids is 1. The fraction of sp³-hybridized carbons (Fsp3) is 0.176. The van der Waals surface area contributed by atoms with Crippen molar-refractivity contribution in [2.75, 3.05) is 6.54 Å². The molecule has 1 aliphatic rings. The van der Waals surface area contributed by atoms with Gasteiger partial charge in [0.05, 0.1) is 18.8 Å². The van der Waals surface area contributed by atoms with Crippen molar-refractivity contribution >= 4 is 23.2 Å². The van der Waals surface area contributed by atoms with Crippen molar-refractivity contribution < 1.29 is 14.7 Å². The molecule has 4 rings (SSSR count). The van der Waals surface area contributed by atoms with Crippen molar-refractivity contribution in [1.82, 2.24) is 19.7 Å². The average molecular weight is 354 g/mol. The van der Waals surface area contributed by atoms with Crippen LogP contribution in [0.1, 0.15) is 26.0 Å². The van der Waals surface area contributed by atoms with Gasteiger partial charge in [-0.3, -0.25) is 9.48 Å². The molecular weight excluding hydrogens is 340 g/mol. The Bertz CT molecular complexity index is 948. The Balaban J connectivity index is 1.53. The summed E-state index contributed by atoms with van der Waals surface area (Å²) in [5.74, 6) is -1.35. The van der Waals surface area contributed by atoms with E-state index in [-0.39, 0.29) is 11.6 Å². The van der Waals surface area contributed by atoms with Crippen LogP contribution >= 0.6 is 11.3 Å². The lowest BCUT2D eigenvalue weighted by atomic mass is 10.2. The zero-order chi connectivity index (χ0) is 17.4. The standard InChI is InChI=1S/C17H14N4O3S/c22-16-14-8-12(17(23)24)19-21(14)7-6-20(16)9-15-18-13(10-25-15)11-4-2-1-3-5-11/h1-5,8,10H,6-7,9H2,(H,23,24). The first-order valence-corrected chi connectivity index (χ1v) is 8.60. The van der Waals surface area contributed by atoms with Gasteiger partial charge in [0.1, 0.15) is 10.7 Å². The van der Waals surface area contributed by atoms with Crippen LogP contribution < -0.4 is 0 Å². The first-order valence-electron chi connectivity index (χ1n) is 7.72. The van der Waals surface area contributed by atoms with Gasteiger partial charge in [0.15, 0.2) is 5.69 Å². The van der Waals surface area contributed by atoms with Gasteiger partial charge < -0.3 is 10.0 Å². The van der Waals surface area contributed by atoms with Gasteiger partial charge in [-0.25, -0.2) is 9.78 Å². The minimum absolute atomic E-state index is 0.106. The first kappa shape index (κ1) is 15.5. The van der Waals surface area contributed by atoms with Crippen molar-refractivity contribution in [2.24, 2.45) is 0 Å². The predicted octanol–water partition coefficient (Wildman–Crippen LogP) is 2.36. The number of benzene rings is 1. The maximum Gasteiger partial charge on any atom is 0.356 e. The lowest BCUT2D eigenvalue weighted by Gasteiger charge is -2.26. The van der Waals surface area contributed by atoms with E-state index in [0.717, 1.165) is 16.3 Å². The van der Waals surface area contributed by atoms with E-state index in [1.807, 2.05) is 35.7 Å². The normalized spacial score (nSPS) is 13.8. The van der Waals surface area contributed by atoms with Crippen LogP contribution in [-0.4, -0.2) is 43.2 Å². The molecule has 0 atom stereocenters. The predicted molar refractivity (Wildman–Crippen MR) is 91.5 cm³/mol. The van der Waals surface area contributed by atoms with E-state index in [1.54, 1.807) is 4.90 Å². The topological polar surface area (TPSA) is 88.3 Å². The second-order valence-electron chi connectivity index (χ2n) is 5.66. The SMILES string of the molecule is O=C(O)c1cc2n(n1)CCN(Cc1nc(-c3ccccc3)cs1)C2=O. The molecule has 3 heterocycles. The van der Waals surface area contributed by atoms with Crippen molar-refractivity contribution in [3.8, 4) is 11.3 Å². The van der Waals surface area contributed by atoms with Crippen LogP contribution in [0.25, 0.3) is 11.3 Å². The summed E-state index contributed by atoms with van der Waals surface area (Å²) in [6.45, 7) is 1.36. The molecule has 1 aliphatic heterocycles. The molecule has 3 aromatic rings. The Morgan fingerprint density at radius 2 is 2.04 bits per heavy atom. The highest BCUT2D eigenvalue weighted by atomic mass is 32.1. The summed E-state index contributed by atoms with van der Waals surface area (Å²) in [7, 11) is 0. The monoisotopic (exact) mass is 354 g/mol. The number of rotatable bonds is 4. The molecule has 126 valence electrons. The Labute approximate surface area is 147 Å². The number of nitrogens with zero attached hydrogens (tertiary/aromatic N) is 4. The molecule has 1 aromatic carbocycles. The molecule has 1 N–H and O–H groups in total. The van der Waals surface area contributed by atoms with E-state index in [4.69, 9.17) is 5.11 Å². The fourth-order valence-electron chi connectivity index (χ4n) is 2.78. The molecular formula is C17H14N4O3S. The van der Waals surface area contributed by atoms with Gasteiger partial charge in [-0.05, 0) is 0 Å². The second-order valence-corrected chi connectivity index (χ2v) is 6.60. The molecule has 8 heteroatoms. The van der Waals surface area contributed by atoms with Gasteiger partial charge in [-0.2, -0.15) is 5.10 Å². The van der Waals surface area contributed by atoms with Crippen LogP contribution in [-0.2, 0) is 13.1 Å². The summed E-state index contributed by atoms with van der Waals surface area (Å²) in [5, 5.41) is 15.8. The largest absolute Gasteiger partial charge is 0.476 e. The Morgan fingerprint density at radius 3 is 2.80 bits per heavy atom. The number of hydrogen-bond acceptors (Lipinski definition) is 5. The smallest absolute Gasteiger partial charge is 0.356 e. The molecule has 0 bridgehead atoms. The maximum absolute atomic E-state index is 12.6. The quantitative estimate of drug-likeness (QED) is 0.777. The van der Waals surface area contributed by atoms with Crippen molar-refractivity contribution in [3.63, 3.8) is 0 Å². The number of thiazole rings is 1. The Hall–Kier alpha value is -3.00. The second kappa shape index (κ2) is 6.14. The minimum Gasteiger partial charge on any atom is -0.476 e. The van der Waals surface area contributed by atoms with Crippen molar-refractivity contribution in [2.45, 2.75) is 13.1 Å². The first-order chi connectivity index (χ1) is 12.1. The molecule has 25 heavy (non-hydrogen) atoms. The van der Waals surface area contributed by atoms with Gasteiger partial charge >= 0.3 is 5.97 Å². The molecule has 2 aromatic heterocycles. The molecule has 0 fully saturated rings. The summed E-state index contributed by atoms with van der Waals surface area (Å²) >= 11 is 1.51. The highest BCUT2D eigenvalue weighted by Crippen LogP contribution is 2.24. The van der Waals surface area contributed by atoms with E-state index < -0.39 is 5.97 Å². The number of fused-ring (bicyclic) bond motifs is 1. The van der Waals surface area contributed by atoms with E-state index in [9.17, 15) is 9.59 Å². The zero-order valence-electron chi connectivity index (χ0n) is 13.1. The number of aromatic nitrogens is 3. The van der Waals surface area contributed by atoms with Crippen LogP contribution in [0.2, 0.25) is 0 Å². The minimum atomic E-state index is -1.13. The molecule has 7 nitrogen and oxygen atoms in total. The van der Waals surface area contributed by atoms with Crippen molar-refractivity contribution in [3.05, 3.63) is 58.2 Å². The summed E-state index contributed by atoms with van der Waals surface area (Å²) in [6, 6.07) is 11.2. The molecule has 1 amide bonds. The molecule has 0 saturated heterocycles. The number of amides is 1. The summed E-state index contributed by atoms with van der Waals surface area (Å²) in [6.07, 6.45) is 0. The fourth-order valence-corrected chi connectivity index (χ4v) is 3.60. The van der Waals surface area contributed by atoms with E-state index in [0.29, 0.717) is 25.3 Å². The van der Waals surface area contributed by atoms with Crippen LogP contribution in [0, 0.1) is 0 Å². The Kier molecular flexibility index (Phi) is 3.81. The maximum atomic E-state index is 12.6. The van der Waals surface area contributed by atoms with E-state index in [1.165, 1.54) is 22.1 Å².